The second-order valence-corrected chi connectivity index (χ2v) is 6.45. The van der Waals surface area contributed by atoms with Crippen LogP contribution >= 0.6 is 15.9 Å². The summed E-state index contributed by atoms with van der Waals surface area (Å²) >= 11 is 3.57. The van der Waals surface area contributed by atoms with Gasteiger partial charge in [0.25, 0.3) is 0 Å². The Morgan fingerprint density at radius 3 is 2.62 bits per heavy atom. The molecule has 130 valence electrons. The highest BCUT2D eigenvalue weighted by molar-refractivity contribution is 9.10. The number of hydrogen-bond donors (Lipinski definition) is 1. The predicted molar refractivity (Wildman–Crippen MR) is 101 cm³/mol. The fraction of sp³-hybridized carbons (Fsp3) is 0.444. The van der Waals surface area contributed by atoms with Crippen LogP contribution in [0.15, 0.2) is 22.8 Å². The average Bonchev–Trinajstić information content (AvgIpc) is 2.57. The van der Waals surface area contributed by atoms with E-state index in [1.54, 1.807) is 14.2 Å². The number of pyridine rings is 2. The molecule has 0 saturated carbocycles. The van der Waals surface area contributed by atoms with Crippen molar-refractivity contribution >= 4 is 21.6 Å². The monoisotopic (exact) mass is 393 g/mol. The Morgan fingerprint density at radius 1 is 1.25 bits per heavy atom. The SMILES string of the molecule is CCc1nc(OC)ccc1-c1nc(Br)c(N[C@@H](C)COC)cc1C. The Bertz CT molecular complexity index is 707. The molecule has 0 aliphatic rings. The summed E-state index contributed by atoms with van der Waals surface area (Å²) < 4.78 is 11.2. The molecule has 2 heterocycles. The molecule has 0 aromatic carbocycles. The normalized spacial score (nSPS) is 12.1. The van der Waals surface area contributed by atoms with E-state index in [2.05, 4.69) is 53.1 Å². The molecule has 2 aromatic rings. The quantitative estimate of drug-likeness (QED) is 0.713. The molecule has 1 atom stereocenters. The van der Waals surface area contributed by atoms with Crippen molar-refractivity contribution in [1.82, 2.24) is 9.97 Å². The van der Waals surface area contributed by atoms with Gasteiger partial charge in [-0.1, -0.05) is 6.92 Å². The van der Waals surface area contributed by atoms with Crippen molar-refractivity contribution in [2.24, 2.45) is 0 Å². The predicted octanol–water partition coefficient (Wildman–Crippen LogP) is 4.23. The van der Waals surface area contributed by atoms with Crippen LogP contribution in [0.2, 0.25) is 0 Å². The van der Waals surface area contributed by atoms with Crippen LogP contribution in [0.4, 0.5) is 5.69 Å². The van der Waals surface area contributed by atoms with Gasteiger partial charge in [-0.2, -0.15) is 0 Å². The topological polar surface area (TPSA) is 56.3 Å². The molecule has 0 spiro atoms. The van der Waals surface area contributed by atoms with Gasteiger partial charge < -0.3 is 14.8 Å². The summed E-state index contributed by atoms with van der Waals surface area (Å²) in [5.74, 6) is 0.624. The minimum Gasteiger partial charge on any atom is -0.481 e. The van der Waals surface area contributed by atoms with Gasteiger partial charge in [0.15, 0.2) is 0 Å². The van der Waals surface area contributed by atoms with E-state index in [1.165, 1.54) is 0 Å². The van der Waals surface area contributed by atoms with E-state index in [0.29, 0.717) is 12.5 Å². The van der Waals surface area contributed by atoms with Crippen molar-refractivity contribution in [2.75, 3.05) is 26.1 Å². The van der Waals surface area contributed by atoms with Crippen LogP contribution in [0.3, 0.4) is 0 Å². The highest BCUT2D eigenvalue weighted by Crippen LogP contribution is 2.32. The van der Waals surface area contributed by atoms with Crippen LogP contribution < -0.4 is 10.1 Å². The van der Waals surface area contributed by atoms with Crippen LogP contribution in [0.5, 0.6) is 5.88 Å². The number of hydrogen-bond acceptors (Lipinski definition) is 5. The lowest BCUT2D eigenvalue weighted by Gasteiger charge is -2.18. The molecule has 0 bridgehead atoms. The van der Waals surface area contributed by atoms with Gasteiger partial charge in [0.05, 0.1) is 30.8 Å². The first-order valence-electron chi connectivity index (χ1n) is 7.97. The smallest absolute Gasteiger partial charge is 0.213 e. The van der Waals surface area contributed by atoms with Gasteiger partial charge in [-0.3, -0.25) is 0 Å². The molecule has 0 fully saturated rings. The Morgan fingerprint density at radius 2 is 2.00 bits per heavy atom. The van der Waals surface area contributed by atoms with Crippen molar-refractivity contribution in [3.63, 3.8) is 0 Å². The molecule has 0 saturated heterocycles. The standard InChI is InChI=1S/C18H24BrN3O2/c1-6-14-13(7-8-16(21-14)24-5)17-11(2)9-15(18(19)22-17)20-12(3)10-23-4/h7-9,12,20H,6,10H2,1-5H3/t12-/m0/s1. The Hall–Kier alpha value is -1.66. The fourth-order valence-corrected chi connectivity index (χ4v) is 3.01. The van der Waals surface area contributed by atoms with Crippen molar-refractivity contribution in [3.05, 3.63) is 34.1 Å². The van der Waals surface area contributed by atoms with Crippen LogP contribution in [0.25, 0.3) is 11.3 Å². The zero-order valence-electron chi connectivity index (χ0n) is 14.8. The molecule has 0 amide bonds. The minimum atomic E-state index is 0.201. The first-order valence-corrected chi connectivity index (χ1v) is 8.76. The largest absolute Gasteiger partial charge is 0.481 e. The maximum atomic E-state index is 5.22. The first-order chi connectivity index (χ1) is 11.5. The molecule has 0 aliphatic carbocycles. The van der Waals surface area contributed by atoms with E-state index < -0.39 is 0 Å². The minimum absolute atomic E-state index is 0.201. The van der Waals surface area contributed by atoms with E-state index in [9.17, 15) is 0 Å². The summed E-state index contributed by atoms with van der Waals surface area (Å²) in [7, 11) is 3.33. The molecule has 24 heavy (non-hydrogen) atoms. The van der Waals surface area contributed by atoms with E-state index in [4.69, 9.17) is 14.5 Å². The van der Waals surface area contributed by atoms with Gasteiger partial charge in [0, 0.05) is 24.8 Å². The fourth-order valence-electron chi connectivity index (χ4n) is 2.60. The summed E-state index contributed by atoms with van der Waals surface area (Å²) in [6, 6.07) is 6.19. The number of halogens is 1. The molecule has 0 aliphatic heterocycles. The summed E-state index contributed by atoms with van der Waals surface area (Å²) in [5.41, 5.74) is 4.99. The Balaban J connectivity index is 2.40. The van der Waals surface area contributed by atoms with E-state index in [1.807, 2.05) is 12.1 Å². The third-order valence-electron chi connectivity index (χ3n) is 3.73. The van der Waals surface area contributed by atoms with Crippen LogP contribution in [0, 0.1) is 6.92 Å². The number of ether oxygens (including phenoxy) is 2. The molecule has 2 aromatic heterocycles. The molecular weight excluding hydrogens is 370 g/mol. The number of methoxy groups -OCH3 is 2. The van der Waals surface area contributed by atoms with Crippen LogP contribution in [-0.4, -0.2) is 36.8 Å². The summed E-state index contributed by atoms with van der Waals surface area (Å²) in [6.07, 6.45) is 0.816. The lowest BCUT2D eigenvalue weighted by molar-refractivity contribution is 0.190. The summed E-state index contributed by atoms with van der Waals surface area (Å²) in [6.45, 7) is 6.85. The number of anilines is 1. The van der Waals surface area contributed by atoms with Gasteiger partial charge in [-0.25, -0.2) is 9.97 Å². The van der Waals surface area contributed by atoms with Gasteiger partial charge in [-0.15, -0.1) is 0 Å². The van der Waals surface area contributed by atoms with Crippen molar-refractivity contribution in [2.45, 2.75) is 33.2 Å². The van der Waals surface area contributed by atoms with Crippen molar-refractivity contribution in [1.29, 1.82) is 0 Å². The van der Waals surface area contributed by atoms with Gasteiger partial charge in [-0.05, 0) is 53.9 Å². The van der Waals surface area contributed by atoms with Gasteiger partial charge in [0.2, 0.25) is 5.88 Å². The second kappa shape index (κ2) is 8.44. The molecule has 0 unspecified atom stereocenters. The number of nitrogens with one attached hydrogen (secondary N) is 1. The third kappa shape index (κ3) is 4.24. The van der Waals surface area contributed by atoms with Gasteiger partial charge in [0.1, 0.15) is 4.60 Å². The Labute approximate surface area is 151 Å². The molecule has 6 heteroatoms. The van der Waals surface area contributed by atoms with Gasteiger partial charge >= 0.3 is 0 Å². The molecule has 5 nitrogen and oxygen atoms in total. The van der Waals surface area contributed by atoms with E-state index in [-0.39, 0.29) is 6.04 Å². The number of nitrogens with zero attached hydrogens (tertiary/aromatic N) is 2. The average molecular weight is 394 g/mol. The van der Waals surface area contributed by atoms with Crippen LogP contribution in [0.1, 0.15) is 25.1 Å². The first kappa shape index (κ1) is 18.7. The maximum absolute atomic E-state index is 5.22. The van der Waals surface area contributed by atoms with Crippen molar-refractivity contribution < 1.29 is 9.47 Å². The number of aryl methyl sites for hydroxylation is 2. The maximum Gasteiger partial charge on any atom is 0.213 e. The lowest BCUT2D eigenvalue weighted by atomic mass is 10.0. The summed E-state index contributed by atoms with van der Waals surface area (Å²) in [4.78, 5) is 9.30. The number of aromatic nitrogens is 2. The van der Waals surface area contributed by atoms with Crippen molar-refractivity contribution in [3.8, 4) is 17.1 Å². The zero-order valence-corrected chi connectivity index (χ0v) is 16.4. The van der Waals surface area contributed by atoms with E-state index in [0.717, 1.165) is 39.2 Å². The third-order valence-corrected chi connectivity index (χ3v) is 4.34. The lowest BCUT2D eigenvalue weighted by Crippen LogP contribution is -2.21. The van der Waals surface area contributed by atoms with Crippen LogP contribution in [-0.2, 0) is 11.2 Å². The molecule has 1 N–H and O–H groups in total. The highest BCUT2D eigenvalue weighted by atomic mass is 79.9. The summed E-state index contributed by atoms with van der Waals surface area (Å²) in [5, 5.41) is 3.41. The Kier molecular flexibility index (Phi) is 6.57. The molecule has 0 radical (unpaired) electrons. The van der Waals surface area contributed by atoms with E-state index >= 15 is 0 Å². The number of rotatable bonds is 7. The molecular formula is C18H24BrN3O2. The highest BCUT2D eigenvalue weighted by Gasteiger charge is 2.15. The zero-order chi connectivity index (χ0) is 17.7. The molecule has 2 rings (SSSR count). The second-order valence-electron chi connectivity index (χ2n) is 5.69.